The van der Waals surface area contributed by atoms with E-state index in [-0.39, 0.29) is 30.6 Å². The zero-order chi connectivity index (χ0) is 19.3. The van der Waals surface area contributed by atoms with Gasteiger partial charge in [-0.3, -0.25) is 14.4 Å². The summed E-state index contributed by atoms with van der Waals surface area (Å²) in [6, 6.07) is 11.4. The fourth-order valence-electron chi connectivity index (χ4n) is 2.41. The highest BCUT2D eigenvalue weighted by Crippen LogP contribution is 2.23. The Morgan fingerprint density at radius 2 is 1.54 bits per heavy atom. The topological polar surface area (TPSA) is 66.5 Å². The van der Waals surface area contributed by atoms with Gasteiger partial charge in [0.25, 0.3) is 0 Å². The van der Waals surface area contributed by atoms with Crippen LogP contribution in [0.3, 0.4) is 0 Å². The van der Waals surface area contributed by atoms with Crippen LogP contribution in [-0.2, 0) is 9.59 Å². The maximum Gasteiger partial charge on any atom is 0.226 e. The molecule has 26 heavy (non-hydrogen) atoms. The van der Waals surface area contributed by atoms with Gasteiger partial charge in [0, 0.05) is 46.9 Å². The van der Waals surface area contributed by atoms with Gasteiger partial charge in [0.1, 0.15) is 0 Å². The first-order valence-electron chi connectivity index (χ1n) is 7.91. The van der Waals surface area contributed by atoms with Crippen LogP contribution in [0.1, 0.15) is 30.6 Å². The second-order valence-corrected chi connectivity index (χ2v) is 6.60. The second-order valence-electron chi connectivity index (χ2n) is 5.73. The molecular formula is C19H18Cl2N2O3. The van der Waals surface area contributed by atoms with E-state index in [1.807, 2.05) is 0 Å². The second kappa shape index (κ2) is 8.83. The molecule has 2 amide bonds. The van der Waals surface area contributed by atoms with Gasteiger partial charge in [-0.25, -0.2) is 0 Å². The minimum atomic E-state index is -0.269. The summed E-state index contributed by atoms with van der Waals surface area (Å²) in [5.41, 5.74) is 1.68. The molecule has 0 aliphatic heterocycles. The third-order valence-corrected chi connectivity index (χ3v) is 4.11. The Bertz CT molecular complexity index is 815. The fraction of sp³-hybridized carbons (Fsp3) is 0.211. The lowest BCUT2D eigenvalue weighted by atomic mass is 10.1. The highest BCUT2D eigenvalue weighted by molar-refractivity contribution is 6.35. The van der Waals surface area contributed by atoms with Crippen LogP contribution in [0.5, 0.6) is 0 Å². The molecular weight excluding hydrogens is 375 g/mol. The number of benzene rings is 2. The molecule has 0 atom stereocenters. The molecule has 2 rings (SSSR count). The van der Waals surface area contributed by atoms with E-state index in [2.05, 4.69) is 5.32 Å². The highest BCUT2D eigenvalue weighted by atomic mass is 35.5. The summed E-state index contributed by atoms with van der Waals surface area (Å²) in [6.45, 7) is 3.10. The van der Waals surface area contributed by atoms with Gasteiger partial charge in [-0.2, -0.15) is 0 Å². The normalized spacial score (nSPS) is 10.3. The lowest BCUT2D eigenvalue weighted by Gasteiger charge is -2.21. The molecule has 0 unspecified atom stereocenters. The van der Waals surface area contributed by atoms with Crippen molar-refractivity contribution >= 4 is 52.2 Å². The Balaban J connectivity index is 2.02. The highest BCUT2D eigenvalue weighted by Gasteiger charge is 2.14. The number of hydrogen-bond donors (Lipinski definition) is 1. The molecule has 0 radical (unpaired) electrons. The zero-order valence-corrected chi connectivity index (χ0v) is 15.9. The Morgan fingerprint density at radius 3 is 2.04 bits per heavy atom. The smallest absolute Gasteiger partial charge is 0.226 e. The summed E-state index contributed by atoms with van der Waals surface area (Å²) in [5, 5.41) is 3.54. The lowest BCUT2D eigenvalue weighted by molar-refractivity contribution is -0.117. The number of nitrogens with zero attached hydrogens (tertiary/aromatic N) is 1. The van der Waals surface area contributed by atoms with Crippen molar-refractivity contribution in [2.45, 2.75) is 20.3 Å². The van der Waals surface area contributed by atoms with Crippen LogP contribution in [0.25, 0.3) is 0 Å². The monoisotopic (exact) mass is 392 g/mol. The molecule has 0 aliphatic carbocycles. The molecule has 7 heteroatoms. The first kappa shape index (κ1) is 19.9. The van der Waals surface area contributed by atoms with Crippen LogP contribution in [0.15, 0.2) is 42.5 Å². The molecule has 0 aromatic heterocycles. The Morgan fingerprint density at radius 1 is 0.962 bits per heavy atom. The average molecular weight is 393 g/mol. The quantitative estimate of drug-likeness (QED) is 0.731. The SMILES string of the molecule is CC(=O)c1ccc(N(CCC(=O)Nc2cc(Cl)cc(Cl)c2)C(C)=O)cc1. The maximum absolute atomic E-state index is 12.2. The van der Waals surface area contributed by atoms with Crippen LogP contribution < -0.4 is 10.2 Å². The standard InChI is InChI=1S/C19H18Cl2N2O3/c1-12(24)14-3-5-18(6-4-14)23(13(2)25)8-7-19(26)22-17-10-15(20)9-16(21)11-17/h3-6,9-11H,7-8H2,1-2H3,(H,22,26). The van der Waals surface area contributed by atoms with Gasteiger partial charge in [0.15, 0.2) is 5.78 Å². The van der Waals surface area contributed by atoms with Gasteiger partial charge in [0.05, 0.1) is 0 Å². The van der Waals surface area contributed by atoms with E-state index in [9.17, 15) is 14.4 Å². The molecule has 2 aromatic rings. The third kappa shape index (κ3) is 5.58. The van der Waals surface area contributed by atoms with Crippen molar-refractivity contribution in [3.05, 3.63) is 58.1 Å². The van der Waals surface area contributed by atoms with E-state index < -0.39 is 0 Å². The minimum absolute atomic E-state index is 0.0505. The van der Waals surface area contributed by atoms with Crippen LogP contribution in [0.2, 0.25) is 10.0 Å². The summed E-state index contributed by atoms with van der Waals surface area (Å²) < 4.78 is 0. The maximum atomic E-state index is 12.2. The van der Waals surface area contributed by atoms with Crippen LogP contribution in [-0.4, -0.2) is 24.1 Å². The van der Waals surface area contributed by atoms with Crippen molar-refractivity contribution < 1.29 is 14.4 Å². The molecule has 0 aliphatic rings. The molecule has 5 nitrogen and oxygen atoms in total. The zero-order valence-electron chi connectivity index (χ0n) is 14.4. The van der Waals surface area contributed by atoms with Crippen molar-refractivity contribution in [3.8, 4) is 0 Å². The molecule has 136 valence electrons. The Kier molecular flexibility index (Phi) is 6.77. The van der Waals surface area contributed by atoms with Gasteiger partial charge in [-0.1, -0.05) is 23.2 Å². The van der Waals surface area contributed by atoms with Gasteiger partial charge in [-0.15, -0.1) is 0 Å². The van der Waals surface area contributed by atoms with Crippen LogP contribution >= 0.6 is 23.2 Å². The summed E-state index contributed by atoms with van der Waals surface area (Å²) >= 11 is 11.8. The molecule has 2 aromatic carbocycles. The van der Waals surface area contributed by atoms with Crippen molar-refractivity contribution in [1.82, 2.24) is 0 Å². The third-order valence-electron chi connectivity index (χ3n) is 3.67. The number of carbonyl (C=O) groups excluding carboxylic acids is 3. The van der Waals surface area contributed by atoms with Crippen molar-refractivity contribution in [2.24, 2.45) is 0 Å². The van der Waals surface area contributed by atoms with Crippen molar-refractivity contribution in [3.63, 3.8) is 0 Å². The van der Waals surface area contributed by atoms with Crippen molar-refractivity contribution in [1.29, 1.82) is 0 Å². The molecule has 1 N–H and O–H groups in total. The van der Waals surface area contributed by atoms with Crippen LogP contribution in [0, 0.1) is 0 Å². The summed E-state index contributed by atoms with van der Waals surface area (Å²) in [5.74, 6) is -0.514. The largest absolute Gasteiger partial charge is 0.326 e. The lowest BCUT2D eigenvalue weighted by Crippen LogP contribution is -2.32. The van der Waals surface area contributed by atoms with Crippen LogP contribution in [0.4, 0.5) is 11.4 Å². The van der Waals surface area contributed by atoms with Crippen molar-refractivity contribution in [2.75, 3.05) is 16.8 Å². The molecule has 0 saturated carbocycles. The number of rotatable bonds is 6. The number of halogens is 2. The van der Waals surface area contributed by atoms with E-state index in [0.717, 1.165) is 0 Å². The van der Waals surface area contributed by atoms with Gasteiger partial charge in [0.2, 0.25) is 11.8 Å². The molecule has 0 bridgehead atoms. The Labute approximate surface area is 161 Å². The minimum Gasteiger partial charge on any atom is -0.326 e. The molecule has 0 heterocycles. The number of hydrogen-bond acceptors (Lipinski definition) is 3. The Hall–Kier alpha value is -2.37. The predicted molar refractivity (Wildman–Crippen MR) is 104 cm³/mol. The number of nitrogens with one attached hydrogen (secondary N) is 1. The van der Waals surface area contributed by atoms with E-state index in [1.165, 1.54) is 18.7 Å². The number of anilines is 2. The number of carbonyl (C=O) groups is 3. The number of Topliss-reactive ketones (excluding diaryl/α,β-unsaturated/α-hetero) is 1. The van der Waals surface area contributed by atoms with Gasteiger partial charge >= 0.3 is 0 Å². The summed E-state index contributed by atoms with van der Waals surface area (Å²) in [4.78, 5) is 36.9. The number of amides is 2. The molecule has 0 fully saturated rings. The van der Waals surface area contributed by atoms with E-state index in [0.29, 0.717) is 27.0 Å². The molecule has 0 saturated heterocycles. The average Bonchev–Trinajstić information content (AvgIpc) is 2.54. The van der Waals surface area contributed by atoms with E-state index in [1.54, 1.807) is 42.5 Å². The predicted octanol–water partition coefficient (Wildman–Crippen LogP) is 4.58. The van der Waals surface area contributed by atoms with E-state index >= 15 is 0 Å². The van der Waals surface area contributed by atoms with E-state index in [4.69, 9.17) is 23.2 Å². The first-order valence-corrected chi connectivity index (χ1v) is 8.67. The number of ketones is 1. The fourth-order valence-corrected chi connectivity index (χ4v) is 2.93. The van der Waals surface area contributed by atoms with Gasteiger partial charge < -0.3 is 10.2 Å². The summed E-state index contributed by atoms with van der Waals surface area (Å²) in [6.07, 6.45) is 0.0954. The summed E-state index contributed by atoms with van der Waals surface area (Å²) in [7, 11) is 0. The van der Waals surface area contributed by atoms with Gasteiger partial charge in [-0.05, 0) is 49.4 Å². The molecule has 0 spiro atoms. The first-order chi connectivity index (χ1) is 12.3.